The maximum absolute atomic E-state index is 12.9. The molecule has 1 aliphatic rings. The number of para-hydroxylation sites is 1. The number of anilines is 1. The number of likely N-dealkylation sites (N-methyl/N-ethyl adjacent to an activating group) is 1. The quantitative estimate of drug-likeness (QED) is 0.649. The van der Waals surface area contributed by atoms with Crippen molar-refractivity contribution in [3.8, 4) is 0 Å². The molecule has 1 aromatic heterocycles. The average molecular weight is 430 g/mol. The molecule has 158 valence electrons. The number of aromatic amines is 1. The summed E-state index contributed by atoms with van der Waals surface area (Å²) in [6, 6.07) is 14.1. The van der Waals surface area contributed by atoms with E-state index >= 15 is 0 Å². The molecule has 1 N–H and O–H groups in total. The molecule has 30 heavy (non-hydrogen) atoms. The molecule has 4 rings (SSSR count). The van der Waals surface area contributed by atoms with Crippen molar-refractivity contribution in [2.24, 2.45) is 0 Å². The Morgan fingerprint density at radius 1 is 1.10 bits per heavy atom. The first-order valence-electron chi connectivity index (χ1n) is 9.51. The van der Waals surface area contributed by atoms with Gasteiger partial charge in [-0.05, 0) is 24.3 Å². The normalized spacial score (nSPS) is 15.1. The van der Waals surface area contributed by atoms with Gasteiger partial charge in [0.25, 0.3) is 0 Å². The highest BCUT2D eigenvalue weighted by Crippen LogP contribution is 2.20. The summed E-state index contributed by atoms with van der Waals surface area (Å²) in [7, 11) is -2.54. The lowest BCUT2D eigenvalue weighted by atomic mass is 10.2. The van der Waals surface area contributed by atoms with Gasteiger partial charge in [-0.15, -0.1) is 0 Å². The minimum absolute atomic E-state index is 0.0399. The molecule has 1 fully saturated rings. The van der Waals surface area contributed by atoms with Crippen LogP contribution in [-0.4, -0.2) is 68.3 Å². The van der Waals surface area contributed by atoms with Crippen molar-refractivity contribution < 1.29 is 17.6 Å². The maximum Gasteiger partial charge on any atom is 0.417 e. The molecule has 3 aromatic rings. The Bertz CT molecular complexity index is 1210. The third-order valence-electron chi connectivity index (χ3n) is 5.21. The van der Waals surface area contributed by atoms with Crippen LogP contribution in [0.15, 0.2) is 62.6 Å². The molecule has 2 heterocycles. The average Bonchev–Trinajstić information content (AvgIpc) is 3.13. The van der Waals surface area contributed by atoms with Crippen LogP contribution < -0.4 is 10.7 Å². The Labute approximate surface area is 173 Å². The van der Waals surface area contributed by atoms with Gasteiger partial charge in [-0.1, -0.05) is 18.2 Å². The molecule has 0 aliphatic carbocycles. The van der Waals surface area contributed by atoms with Crippen LogP contribution in [0.5, 0.6) is 0 Å². The lowest BCUT2D eigenvalue weighted by Gasteiger charge is -2.36. The number of hydrogen-bond donors (Lipinski definition) is 1. The largest absolute Gasteiger partial charge is 0.417 e. The SMILES string of the molecule is CN(CC(=O)N1CCN(c2ccccc2)CC1)S(=O)(=O)c1ccc2[nH]c(=O)oc2c1. The van der Waals surface area contributed by atoms with Gasteiger partial charge < -0.3 is 14.2 Å². The predicted octanol–water partition coefficient (Wildman–Crippen LogP) is 1.09. The van der Waals surface area contributed by atoms with Gasteiger partial charge in [-0.3, -0.25) is 9.78 Å². The number of piperazine rings is 1. The molecule has 1 amide bonds. The third kappa shape index (κ3) is 3.96. The summed E-state index contributed by atoms with van der Waals surface area (Å²) in [5.74, 6) is -0.902. The van der Waals surface area contributed by atoms with Crippen molar-refractivity contribution >= 4 is 32.7 Å². The number of nitrogens with zero attached hydrogens (tertiary/aromatic N) is 3. The van der Waals surface area contributed by atoms with E-state index < -0.39 is 15.8 Å². The minimum atomic E-state index is -3.91. The van der Waals surface area contributed by atoms with Crippen LogP contribution in [0, 0.1) is 0 Å². The summed E-state index contributed by atoms with van der Waals surface area (Å²) < 4.78 is 31.7. The molecule has 9 nitrogen and oxygen atoms in total. The number of amides is 1. The van der Waals surface area contributed by atoms with Crippen LogP contribution in [0.3, 0.4) is 0 Å². The smallest absolute Gasteiger partial charge is 0.408 e. The van der Waals surface area contributed by atoms with Crippen LogP contribution in [0.25, 0.3) is 11.1 Å². The van der Waals surface area contributed by atoms with E-state index in [9.17, 15) is 18.0 Å². The van der Waals surface area contributed by atoms with Gasteiger partial charge in [0.05, 0.1) is 17.0 Å². The molecule has 0 atom stereocenters. The molecule has 0 radical (unpaired) electrons. The van der Waals surface area contributed by atoms with E-state index in [1.807, 2.05) is 30.3 Å². The van der Waals surface area contributed by atoms with Crippen molar-refractivity contribution in [3.05, 3.63) is 59.1 Å². The van der Waals surface area contributed by atoms with Crippen molar-refractivity contribution in [3.63, 3.8) is 0 Å². The first kappa shape index (κ1) is 20.2. The Hall–Kier alpha value is -3.11. The van der Waals surface area contributed by atoms with Crippen LogP contribution in [0.4, 0.5) is 5.69 Å². The van der Waals surface area contributed by atoms with Crippen molar-refractivity contribution in [2.45, 2.75) is 4.90 Å². The Kier molecular flexibility index (Phi) is 5.35. The fourth-order valence-electron chi connectivity index (χ4n) is 3.49. The number of hydrogen-bond acceptors (Lipinski definition) is 6. The van der Waals surface area contributed by atoms with Crippen molar-refractivity contribution in [2.75, 3.05) is 44.7 Å². The van der Waals surface area contributed by atoms with E-state index in [1.54, 1.807) is 4.90 Å². The highest BCUT2D eigenvalue weighted by molar-refractivity contribution is 7.89. The number of carbonyl (C=O) groups is 1. The Balaban J connectivity index is 1.40. The van der Waals surface area contributed by atoms with Crippen LogP contribution in [0.1, 0.15) is 0 Å². The van der Waals surface area contributed by atoms with Crippen molar-refractivity contribution in [1.29, 1.82) is 0 Å². The second kappa shape index (κ2) is 7.96. The zero-order chi connectivity index (χ0) is 21.3. The lowest BCUT2D eigenvalue weighted by Crippen LogP contribution is -2.51. The minimum Gasteiger partial charge on any atom is -0.408 e. The maximum atomic E-state index is 12.9. The second-order valence-corrected chi connectivity index (χ2v) is 9.18. The fraction of sp³-hybridized carbons (Fsp3) is 0.300. The number of H-pyrrole nitrogens is 1. The standard InChI is InChI=1S/C20H22N4O5S/c1-22(30(27,28)16-7-8-17-18(13-16)29-20(26)21-17)14-19(25)24-11-9-23(10-12-24)15-5-3-2-4-6-15/h2-8,13H,9-12,14H2,1H3,(H,21,26). The number of benzene rings is 2. The zero-order valence-corrected chi connectivity index (χ0v) is 17.3. The summed E-state index contributed by atoms with van der Waals surface area (Å²) in [5.41, 5.74) is 1.67. The first-order chi connectivity index (χ1) is 14.3. The van der Waals surface area contributed by atoms with Gasteiger partial charge in [-0.2, -0.15) is 4.31 Å². The summed E-state index contributed by atoms with van der Waals surface area (Å²) in [6.45, 7) is 2.18. The number of sulfonamides is 1. The first-order valence-corrected chi connectivity index (χ1v) is 11.0. The van der Waals surface area contributed by atoms with Crippen LogP contribution >= 0.6 is 0 Å². The van der Waals surface area contributed by atoms with E-state index in [-0.39, 0.29) is 22.9 Å². The summed E-state index contributed by atoms with van der Waals surface area (Å²) in [4.78, 5) is 30.3. The molecule has 0 bridgehead atoms. The van der Waals surface area contributed by atoms with Gasteiger partial charge in [0.2, 0.25) is 15.9 Å². The number of nitrogens with one attached hydrogen (secondary N) is 1. The number of aromatic nitrogens is 1. The van der Waals surface area contributed by atoms with E-state index in [0.29, 0.717) is 31.7 Å². The number of carbonyl (C=O) groups excluding carboxylic acids is 1. The van der Waals surface area contributed by atoms with Crippen LogP contribution in [0.2, 0.25) is 0 Å². The summed E-state index contributed by atoms with van der Waals surface area (Å²) in [5, 5.41) is 0. The number of oxazole rings is 1. The molecule has 0 spiro atoms. The Morgan fingerprint density at radius 2 is 1.80 bits per heavy atom. The van der Waals surface area contributed by atoms with E-state index in [4.69, 9.17) is 4.42 Å². The molecule has 0 saturated carbocycles. The fourth-order valence-corrected chi connectivity index (χ4v) is 4.63. The lowest BCUT2D eigenvalue weighted by molar-refractivity contribution is -0.131. The van der Waals surface area contributed by atoms with Crippen LogP contribution in [-0.2, 0) is 14.8 Å². The third-order valence-corrected chi connectivity index (χ3v) is 7.01. The van der Waals surface area contributed by atoms with Gasteiger partial charge in [-0.25, -0.2) is 13.2 Å². The van der Waals surface area contributed by atoms with Crippen molar-refractivity contribution in [1.82, 2.24) is 14.2 Å². The van der Waals surface area contributed by atoms with E-state index in [1.165, 1.54) is 25.2 Å². The highest BCUT2D eigenvalue weighted by atomic mass is 32.2. The van der Waals surface area contributed by atoms with Gasteiger partial charge >= 0.3 is 5.76 Å². The monoisotopic (exact) mass is 430 g/mol. The van der Waals surface area contributed by atoms with E-state index in [0.717, 1.165) is 9.99 Å². The molecular weight excluding hydrogens is 408 g/mol. The van der Waals surface area contributed by atoms with Gasteiger partial charge in [0.1, 0.15) is 0 Å². The molecule has 0 unspecified atom stereocenters. The molecular formula is C20H22N4O5S. The molecule has 2 aromatic carbocycles. The van der Waals surface area contributed by atoms with Gasteiger partial charge in [0.15, 0.2) is 5.58 Å². The molecule has 10 heteroatoms. The highest BCUT2D eigenvalue weighted by Gasteiger charge is 2.27. The molecule has 1 aliphatic heterocycles. The summed E-state index contributed by atoms with van der Waals surface area (Å²) in [6.07, 6.45) is 0. The zero-order valence-electron chi connectivity index (χ0n) is 16.4. The van der Waals surface area contributed by atoms with E-state index in [2.05, 4.69) is 9.88 Å². The predicted molar refractivity (Wildman–Crippen MR) is 112 cm³/mol. The topological polar surface area (TPSA) is 107 Å². The summed E-state index contributed by atoms with van der Waals surface area (Å²) >= 11 is 0. The number of fused-ring (bicyclic) bond motifs is 1. The van der Waals surface area contributed by atoms with Gasteiger partial charge in [0, 0.05) is 45.0 Å². The number of rotatable bonds is 5. The molecule has 1 saturated heterocycles. The second-order valence-electron chi connectivity index (χ2n) is 7.14. The Morgan fingerprint density at radius 3 is 2.50 bits per heavy atom.